The van der Waals surface area contributed by atoms with Crippen LogP contribution in [0.3, 0.4) is 0 Å². The SMILES string of the molecule is CCCCC(=O)[C@@H]1CSCC(=O)N[C@@H](CCCCN)C(=O)N[C@H]2CSSC[C@H](NC(=O)[C@H](CC(=O)O)CC(=O)CNC(=O)[C@H](CCCN=C(N)N)CC2=O)C(=O)C[C@@H](Cc2ccccc2)C(=O)N1.COCCOCCOCCCC(=O)COCN. The van der Waals surface area contributed by atoms with Gasteiger partial charge in [-0.3, -0.25) is 57.7 Å². The van der Waals surface area contributed by atoms with Crippen LogP contribution in [0.5, 0.6) is 0 Å². The number of methoxy groups -OCH3 is 1. The lowest BCUT2D eigenvalue weighted by Gasteiger charge is -2.26. The van der Waals surface area contributed by atoms with Crippen molar-refractivity contribution in [2.24, 2.45) is 45.7 Å². The fourth-order valence-corrected chi connectivity index (χ4v) is 11.8. The van der Waals surface area contributed by atoms with E-state index >= 15 is 0 Å². The number of nitrogens with two attached hydrogens (primary N) is 4. The van der Waals surface area contributed by atoms with Crippen LogP contribution in [0, 0.1) is 17.8 Å². The van der Waals surface area contributed by atoms with Crippen molar-refractivity contribution >= 4 is 104 Å². The standard InChI is InChI=1S/C45H67N9O11S3.C11H23NO5/c1-2-3-14-36(56)33-23-66-26-39(59)51-32(13-7-8-15-46)44(65)54-35-25-68-67-24-34(38(58)20-29(42(63)52-33)17-27-10-5-4-6-11-27)53-43(64)30(21-40(60)61)18-31(55)22-50-41(62)28(19-37(35)57)12-9-16-49-45(47)48;1-14-5-6-16-8-7-15-4-2-3-11(13)9-17-10-12/h4-6,10-11,28-30,32-35H,2-3,7-9,12-26,46H2,1H3,(H,50,62)(H,51,59)(H,52,63)(H,53,64)(H,54,65)(H,60,61)(H4,47,48,49);2-10,12H2,1H3/t28-,29-,30+,32+,33+,34+,35+;/m1./s1. The number of fused-ring (bicyclic) bond motifs is 5. The second-order valence-electron chi connectivity index (χ2n) is 20.2. The van der Waals surface area contributed by atoms with E-state index in [-0.39, 0.29) is 92.5 Å². The molecule has 1 aromatic carbocycles. The first-order valence-electron chi connectivity index (χ1n) is 28.7. The number of ketones is 5. The van der Waals surface area contributed by atoms with Gasteiger partial charge in [-0.25, -0.2) is 0 Å². The fraction of sp³-hybridized carbons (Fsp3) is 0.679. The van der Waals surface area contributed by atoms with E-state index in [1.165, 1.54) is 0 Å². The fourth-order valence-electron chi connectivity index (χ4n) is 8.55. The van der Waals surface area contributed by atoms with Gasteiger partial charge in [-0.1, -0.05) is 65.3 Å². The first-order valence-corrected chi connectivity index (χ1v) is 32.3. The van der Waals surface area contributed by atoms with Crippen LogP contribution in [0.1, 0.15) is 102 Å². The summed E-state index contributed by atoms with van der Waals surface area (Å²) in [5, 5.41) is 23.3. The first kappa shape index (κ1) is 75.6. The molecule has 2 aliphatic rings. The Morgan fingerprint density at radius 2 is 1.33 bits per heavy atom. The Kier molecular flexibility index (Phi) is 40.7. The summed E-state index contributed by atoms with van der Waals surface area (Å²) < 4.78 is 20.1. The quantitative estimate of drug-likeness (QED) is 0.0172. The molecule has 29 heteroatoms. The van der Waals surface area contributed by atoms with E-state index in [4.69, 9.17) is 41.9 Å². The Labute approximate surface area is 509 Å². The number of unbranched alkanes of at least 4 members (excludes halogenated alkanes) is 2. The minimum Gasteiger partial charge on any atom is -0.481 e. The van der Waals surface area contributed by atoms with E-state index in [0.29, 0.717) is 83.7 Å². The molecule has 0 radical (unpaired) electrons. The minimum atomic E-state index is -1.45. The molecule has 2 bridgehead atoms. The molecule has 26 nitrogen and oxygen atoms in total. The maximum atomic E-state index is 14.5. The molecule has 3 rings (SSSR count). The Balaban J connectivity index is 0.00000125. The number of hydrogen-bond donors (Lipinski definition) is 10. The van der Waals surface area contributed by atoms with Gasteiger partial charge < -0.3 is 73.6 Å². The summed E-state index contributed by atoms with van der Waals surface area (Å²) in [6.07, 6.45) is 1.88. The van der Waals surface area contributed by atoms with Gasteiger partial charge in [0.05, 0.1) is 75.9 Å². The molecule has 1 aromatic rings. The van der Waals surface area contributed by atoms with Crippen LogP contribution in [0.2, 0.25) is 0 Å². The molecule has 85 heavy (non-hydrogen) atoms. The van der Waals surface area contributed by atoms with Crippen molar-refractivity contribution < 1.29 is 76.8 Å². The number of rotatable bonds is 29. The number of carbonyl (C=O) groups is 11. The smallest absolute Gasteiger partial charge is 0.304 e. The van der Waals surface area contributed by atoms with Crippen molar-refractivity contribution in [1.29, 1.82) is 0 Å². The molecular formula is C56H90N10O16S3. The lowest BCUT2D eigenvalue weighted by Crippen LogP contribution is -2.53. The molecule has 0 unspecified atom stereocenters. The third-order valence-electron chi connectivity index (χ3n) is 13.2. The Morgan fingerprint density at radius 1 is 0.682 bits per heavy atom. The number of thioether (sulfide) groups is 1. The molecule has 14 N–H and O–H groups in total. The number of benzene rings is 1. The van der Waals surface area contributed by atoms with Crippen LogP contribution in [0.4, 0.5) is 0 Å². The molecule has 0 spiro atoms. The normalized spacial score (nSPS) is 22.0. The zero-order valence-corrected chi connectivity index (χ0v) is 51.4. The van der Waals surface area contributed by atoms with Gasteiger partial charge in [0.2, 0.25) is 29.5 Å². The third-order valence-corrected chi connectivity index (χ3v) is 16.6. The van der Waals surface area contributed by atoms with Crippen molar-refractivity contribution in [3.8, 4) is 0 Å². The molecule has 478 valence electrons. The third kappa shape index (κ3) is 34.4. The van der Waals surface area contributed by atoms with E-state index in [2.05, 4.69) is 31.6 Å². The number of guanidine groups is 1. The summed E-state index contributed by atoms with van der Waals surface area (Å²) in [5.41, 5.74) is 22.5. The van der Waals surface area contributed by atoms with Gasteiger partial charge in [0.1, 0.15) is 12.6 Å². The highest BCUT2D eigenvalue weighted by molar-refractivity contribution is 8.76. The topological polar surface area (TPSA) is 422 Å². The molecule has 0 aromatic heterocycles. The summed E-state index contributed by atoms with van der Waals surface area (Å²) in [4.78, 5) is 152. The monoisotopic (exact) mass is 1250 g/mol. The van der Waals surface area contributed by atoms with Crippen molar-refractivity contribution in [1.82, 2.24) is 26.6 Å². The first-order chi connectivity index (χ1) is 40.8. The molecule has 0 aliphatic carbocycles. The number of nitrogens with zero attached hydrogens (tertiary/aromatic N) is 1. The van der Waals surface area contributed by atoms with Crippen LogP contribution in [-0.2, 0) is 78.1 Å². The Hall–Kier alpha value is -5.53. The molecule has 2 heterocycles. The lowest BCUT2D eigenvalue weighted by atomic mass is 9.90. The van der Waals surface area contributed by atoms with E-state index in [1.54, 1.807) is 37.4 Å². The van der Waals surface area contributed by atoms with Gasteiger partial charge >= 0.3 is 5.97 Å². The molecule has 2 saturated heterocycles. The minimum absolute atomic E-state index is 0.00867. The summed E-state index contributed by atoms with van der Waals surface area (Å²) in [6.45, 7) is 4.73. The number of amides is 5. The van der Waals surface area contributed by atoms with E-state index < -0.39 is 127 Å². The van der Waals surface area contributed by atoms with Crippen molar-refractivity contribution in [3.05, 3.63) is 35.9 Å². The van der Waals surface area contributed by atoms with E-state index in [9.17, 15) is 57.8 Å². The van der Waals surface area contributed by atoms with E-state index in [0.717, 1.165) is 33.3 Å². The summed E-state index contributed by atoms with van der Waals surface area (Å²) in [5.74, 6) is -11.1. The Bertz CT molecular complexity index is 2290. The highest BCUT2D eigenvalue weighted by atomic mass is 33.1. The largest absolute Gasteiger partial charge is 0.481 e. The van der Waals surface area contributed by atoms with Crippen molar-refractivity contribution in [2.45, 2.75) is 127 Å². The van der Waals surface area contributed by atoms with Gasteiger partial charge in [-0.15, -0.1) is 11.8 Å². The van der Waals surface area contributed by atoms with Crippen LogP contribution < -0.4 is 49.5 Å². The number of Topliss-reactive ketones (excluding diaryl/α,β-unsaturated/α-hetero) is 5. The summed E-state index contributed by atoms with van der Waals surface area (Å²) >= 11 is 1.07. The number of hydrogen-bond acceptors (Lipinski definition) is 21. The van der Waals surface area contributed by atoms with Gasteiger partial charge in [0.15, 0.2) is 34.9 Å². The molecular weight excluding hydrogens is 1160 g/mol. The van der Waals surface area contributed by atoms with Gasteiger partial charge in [-0.05, 0) is 63.5 Å². The predicted octanol–water partition coefficient (Wildman–Crippen LogP) is 0.517. The average Bonchev–Trinajstić information content (AvgIpc) is 3.71. The number of carboxylic acid groups (broad SMARTS) is 1. The highest BCUT2D eigenvalue weighted by Crippen LogP contribution is 2.27. The van der Waals surface area contributed by atoms with Crippen molar-refractivity contribution in [2.75, 3.05) is 96.1 Å². The summed E-state index contributed by atoms with van der Waals surface area (Å²) in [6, 6.07) is 4.15. The maximum absolute atomic E-state index is 14.5. The van der Waals surface area contributed by atoms with Crippen LogP contribution in [0.25, 0.3) is 0 Å². The second-order valence-corrected chi connectivity index (χ2v) is 23.8. The molecule has 2 fully saturated rings. The Morgan fingerprint density at radius 3 is 1.96 bits per heavy atom. The van der Waals surface area contributed by atoms with E-state index in [1.807, 2.05) is 6.92 Å². The van der Waals surface area contributed by atoms with Gasteiger partial charge in [-0.2, -0.15) is 0 Å². The lowest BCUT2D eigenvalue weighted by molar-refractivity contribution is -0.142. The maximum Gasteiger partial charge on any atom is 0.304 e. The van der Waals surface area contributed by atoms with Crippen molar-refractivity contribution in [3.63, 3.8) is 0 Å². The second kappa shape index (κ2) is 45.7. The summed E-state index contributed by atoms with van der Waals surface area (Å²) in [7, 11) is 3.76. The van der Waals surface area contributed by atoms with Crippen LogP contribution in [0.15, 0.2) is 35.3 Å². The number of aliphatic imine (C=N–C) groups is 1. The van der Waals surface area contributed by atoms with Crippen LogP contribution in [-0.4, -0.2) is 196 Å². The number of aliphatic carboxylic acids is 1. The zero-order valence-electron chi connectivity index (χ0n) is 49.0. The molecule has 2 aliphatic heterocycles. The van der Waals surface area contributed by atoms with Gasteiger partial charge in [0.25, 0.3) is 0 Å². The predicted molar refractivity (Wildman–Crippen MR) is 325 cm³/mol. The molecule has 0 saturated carbocycles. The number of nitrogens with one attached hydrogen (secondary N) is 5. The molecule has 5 amide bonds. The number of carbonyl (C=O) groups excluding carboxylic acids is 10. The number of carboxylic acids is 1. The zero-order chi connectivity index (χ0) is 62.8. The average molecular weight is 1260 g/mol. The molecule has 7 atom stereocenters. The van der Waals surface area contributed by atoms with Gasteiger partial charge in [0, 0.05) is 81.5 Å². The van der Waals surface area contributed by atoms with Crippen LogP contribution >= 0.6 is 33.3 Å². The number of ether oxygens (including phenoxy) is 4. The highest BCUT2D eigenvalue weighted by Gasteiger charge is 2.35.